The van der Waals surface area contributed by atoms with Crippen LogP contribution in [0.4, 0.5) is 0 Å². The first kappa shape index (κ1) is 11.7. The second kappa shape index (κ2) is 5.48. The highest BCUT2D eigenvalue weighted by Gasteiger charge is 2.16. The van der Waals surface area contributed by atoms with Crippen LogP contribution in [-0.2, 0) is 9.47 Å². The summed E-state index contributed by atoms with van der Waals surface area (Å²) in [6.45, 7) is 0. The molecule has 4 nitrogen and oxygen atoms in total. The SMILES string of the molecule is COC(CC(=O)c1ccccc1O)OC. The Morgan fingerprint density at radius 1 is 1.33 bits per heavy atom. The van der Waals surface area contributed by atoms with Gasteiger partial charge in [0.1, 0.15) is 5.75 Å². The number of phenols is 1. The number of rotatable bonds is 5. The Morgan fingerprint density at radius 2 is 1.93 bits per heavy atom. The van der Waals surface area contributed by atoms with Gasteiger partial charge in [-0.2, -0.15) is 0 Å². The molecule has 0 aromatic heterocycles. The smallest absolute Gasteiger partial charge is 0.171 e. The number of benzene rings is 1. The van der Waals surface area contributed by atoms with Crippen molar-refractivity contribution in [1.82, 2.24) is 0 Å². The minimum absolute atomic E-state index is 0.0199. The lowest BCUT2D eigenvalue weighted by Crippen LogP contribution is -2.18. The minimum atomic E-state index is -0.572. The molecular formula is C11H14O4. The number of ether oxygens (including phenoxy) is 2. The average Bonchev–Trinajstić information content (AvgIpc) is 2.26. The summed E-state index contributed by atoms with van der Waals surface area (Å²) in [5.74, 6) is -0.227. The van der Waals surface area contributed by atoms with Gasteiger partial charge >= 0.3 is 0 Å². The van der Waals surface area contributed by atoms with Gasteiger partial charge in [0.25, 0.3) is 0 Å². The van der Waals surface area contributed by atoms with E-state index in [-0.39, 0.29) is 23.5 Å². The van der Waals surface area contributed by atoms with Gasteiger partial charge in [0.05, 0.1) is 12.0 Å². The first-order valence-corrected chi connectivity index (χ1v) is 4.55. The summed E-state index contributed by atoms with van der Waals surface area (Å²) in [6, 6.07) is 6.40. The Bertz CT molecular complexity index is 331. The standard InChI is InChI=1S/C11H14O4/c1-14-11(15-2)7-10(13)8-5-3-4-6-9(8)12/h3-6,11-12H,7H2,1-2H3. The molecule has 4 heteroatoms. The Morgan fingerprint density at radius 3 is 2.47 bits per heavy atom. The molecule has 1 aromatic rings. The molecule has 0 saturated carbocycles. The van der Waals surface area contributed by atoms with Crippen LogP contribution >= 0.6 is 0 Å². The van der Waals surface area contributed by atoms with Crippen molar-refractivity contribution in [2.24, 2.45) is 0 Å². The van der Waals surface area contributed by atoms with E-state index in [9.17, 15) is 9.90 Å². The van der Waals surface area contributed by atoms with E-state index in [1.807, 2.05) is 0 Å². The third-order valence-corrected chi connectivity index (χ3v) is 2.08. The number of hydrogen-bond acceptors (Lipinski definition) is 4. The first-order valence-electron chi connectivity index (χ1n) is 4.55. The fourth-order valence-corrected chi connectivity index (χ4v) is 1.23. The minimum Gasteiger partial charge on any atom is -0.507 e. The van der Waals surface area contributed by atoms with Crippen molar-refractivity contribution in [2.75, 3.05) is 14.2 Å². The maximum absolute atomic E-state index is 11.7. The first-order chi connectivity index (χ1) is 7.19. The highest BCUT2D eigenvalue weighted by atomic mass is 16.7. The molecule has 0 bridgehead atoms. The number of ketones is 1. The zero-order valence-electron chi connectivity index (χ0n) is 8.77. The van der Waals surface area contributed by atoms with E-state index >= 15 is 0 Å². The molecule has 0 heterocycles. The fourth-order valence-electron chi connectivity index (χ4n) is 1.23. The number of aromatic hydroxyl groups is 1. The molecule has 1 rings (SSSR count). The van der Waals surface area contributed by atoms with Gasteiger partial charge in [0.15, 0.2) is 12.1 Å². The number of hydrogen-bond donors (Lipinski definition) is 1. The molecule has 15 heavy (non-hydrogen) atoms. The topological polar surface area (TPSA) is 55.8 Å². The summed E-state index contributed by atoms with van der Waals surface area (Å²) in [6.07, 6.45) is -0.484. The lowest BCUT2D eigenvalue weighted by Gasteiger charge is -2.12. The average molecular weight is 210 g/mol. The fraction of sp³-hybridized carbons (Fsp3) is 0.364. The maximum atomic E-state index is 11.7. The molecule has 0 aliphatic rings. The van der Waals surface area contributed by atoms with Crippen LogP contribution in [0.15, 0.2) is 24.3 Å². The van der Waals surface area contributed by atoms with Crippen LogP contribution in [0.3, 0.4) is 0 Å². The second-order valence-corrected chi connectivity index (χ2v) is 3.05. The number of Topliss-reactive ketones (excluding diaryl/α,β-unsaturated/α-hetero) is 1. The molecule has 0 amide bonds. The molecule has 0 unspecified atom stereocenters. The molecule has 0 radical (unpaired) electrons. The molecule has 0 fully saturated rings. The molecule has 0 atom stereocenters. The normalized spacial score (nSPS) is 10.6. The lowest BCUT2D eigenvalue weighted by molar-refractivity contribution is -0.0993. The molecule has 0 spiro atoms. The molecule has 0 aliphatic carbocycles. The van der Waals surface area contributed by atoms with Crippen LogP contribution in [0.1, 0.15) is 16.8 Å². The summed E-state index contributed by atoms with van der Waals surface area (Å²) >= 11 is 0. The third kappa shape index (κ3) is 3.04. The van der Waals surface area contributed by atoms with Crippen molar-refractivity contribution in [2.45, 2.75) is 12.7 Å². The summed E-state index contributed by atoms with van der Waals surface area (Å²) in [5, 5.41) is 9.44. The van der Waals surface area contributed by atoms with E-state index in [0.29, 0.717) is 0 Å². The van der Waals surface area contributed by atoms with E-state index in [4.69, 9.17) is 9.47 Å². The highest BCUT2D eigenvalue weighted by molar-refractivity contribution is 5.98. The summed E-state index contributed by atoms with van der Waals surface area (Å²) in [4.78, 5) is 11.7. The Balaban J connectivity index is 2.73. The molecule has 82 valence electrons. The van der Waals surface area contributed by atoms with Crippen molar-refractivity contribution in [3.63, 3.8) is 0 Å². The van der Waals surface area contributed by atoms with E-state index in [1.54, 1.807) is 18.2 Å². The van der Waals surface area contributed by atoms with Crippen molar-refractivity contribution in [1.29, 1.82) is 0 Å². The van der Waals surface area contributed by atoms with Crippen LogP contribution in [-0.4, -0.2) is 31.4 Å². The number of carbonyl (C=O) groups is 1. The highest BCUT2D eigenvalue weighted by Crippen LogP contribution is 2.18. The van der Waals surface area contributed by atoms with Gasteiger partial charge in [0.2, 0.25) is 0 Å². The van der Waals surface area contributed by atoms with Crippen LogP contribution in [0.2, 0.25) is 0 Å². The lowest BCUT2D eigenvalue weighted by atomic mass is 10.1. The van der Waals surface area contributed by atoms with Crippen molar-refractivity contribution < 1.29 is 19.4 Å². The van der Waals surface area contributed by atoms with Gasteiger partial charge in [-0.3, -0.25) is 4.79 Å². The van der Waals surface area contributed by atoms with Gasteiger partial charge in [-0.05, 0) is 12.1 Å². The van der Waals surface area contributed by atoms with Crippen molar-refractivity contribution in [3.8, 4) is 5.75 Å². The van der Waals surface area contributed by atoms with E-state index in [0.717, 1.165) is 0 Å². The number of methoxy groups -OCH3 is 2. The Kier molecular flexibility index (Phi) is 4.27. The van der Waals surface area contributed by atoms with Crippen LogP contribution in [0, 0.1) is 0 Å². The number of carbonyl (C=O) groups excluding carboxylic acids is 1. The van der Waals surface area contributed by atoms with E-state index < -0.39 is 6.29 Å². The van der Waals surface area contributed by atoms with Gasteiger partial charge in [-0.1, -0.05) is 12.1 Å². The van der Waals surface area contributed by atoms with Crippen molar-refractivity contribution in [3.05, 3.63) is 29.8 Å². The summed E-state index contributed by atoms with van der Waals surface area (Å²) in [7, 11) is 2.93. The van der Waals surface area contributed by atoms with E-state index in [2.05, 4.69) is 0 Å². The number of para-hydroxylation sites is 1. The van der Waals surface area contributed by atoms with Crippen LogP contribution < -0.4 is 0 Å². The quantitative estimate of drug-likeness (QED) is 0.592. The summed E-state index contributed by atoms with van der Waals surface area (Å²) < 4.78 is 9.81. The Hall–Kier alpha value is -1.39. The second-order valence-electron chi connectivity index (χ2n) is 3.05. The largest absolute Gasteiger partial charge is 0.507 e. The third-order valence-electron chi connectivity index (χ3n) is 2.08. The summed E-state index contributed by atoms with van der Waals surface area (Å²) in [5.41, 5.74) is 0.289. The van der Waals surface area contributed by atoms with E-state index in [1.165, 1.54) is 20.3 Å². The van der Waals surface area contributed by atoms with Crippen molar-refractivity contribution >= 4 is 5.78 Å². The predicted octanol–water partition coefficient (Wildman–Crippen LogP) is 1.58. The van der Waals surface area contributed by atoms with Gasteiger partial charge < -0.3 is 14.6 Å². The molecular weight excluding hydrogens is 196 g/mol. The zero-order valence-corrected chi connectivity index (χ0v) is 8.77. The molecule has 1 aromatic carbocycles. The van der Waals surface area contributed by atoms with Crippen LogP contribution in [0.25, 0.3) is 0 Å². The van der Waals surface area contributed by atoms with Gasteiger partial charge in [-0.25, -0.2) is 0 Å². The molecule has 0 aliphatic heterocycles. The zero-order chi connectivity index (χ0) is 11.3. The Labute approximate surface area is 88.4 Å². The van der Waals surface area contributed by atoms with Gasteiger partial charge in [0, 0.05) is 14.2 Å². The monoisotopic (exact) mass is 210 g/mol. The molecule has 1 N–H and O–H groups in total. The van der Waals surface area contributed by atoms with Gasteiger partial charge in [-0.15, -0.1) is 0 Å². The number of phenolic OH excluding ortho intramolecular Hbond substituents is 1. The predicted molar refractivity (Wildman–Crippen MR) is 54.9 cm³/mol. The maximum Gasteiger partial charge on any atom is 0.171 e. The van der Waals surface area contributed by atoms with Crippen LogP contribution in [0.5, 0.6) is 5.75 Å². The molecule has 0 saturated heterocycles.